The Hall–Kier alpha value is -1.97. The number of methoxy groups -OCH3 is 1. The van der Waals surface area contributed by atoms with E-state index >= 15 is 0 Å². The highest BCUT2D eigenvalue weighted by Gasteiger charge is 2.14. The Morgan fingerprint density at radius 2 is 1.90 bits per heavy atom. The summed E-state index contributed by atoms with van der Waals surface area (Å²) in [6.45, 7) is 9.99. The molecule has 0 fully saturated rings. The van der Waals surface area contributed by atoms with E-state index in [1.54, 1.807) is 7.11 Å². The van der Waals surface area contributed by atoms with Crippen LogP contribution in [0.15, 0.2) is 18.2 Å². The molecular formula is C17H25NO3. The van der Waals surface area contributed by atoms with E-state index in [1.807, 2.05) is 52.8 Å². The number of rotatable bonds is 4. The minimum Gasteiger partial charge on any atom is -0.496 e. The Morgan fingerprint density at radius 3 is 2.48 bits per heavy atom. The molecule has 0 radical (unpaired) electrons. The van der Waals surface area contributed by atoms with Crippen molar-refractivity contribution < 1.29 is 14.3 Å². The fourth-order valence-corrected chi connectivity index (χ4v) is 1.85. The van der Waals surface area contributed by atoms with Crippen molar-refractivity contribution in [2.75, 3.05) is 13.7 Å². The van der Waals surface area contributed by atoms with Crippen molar-refractivity contribution in [1.82, 2.24) is 5.32 Å². The van der Waals surface area contributed by atoms with Crippen molar-refractivity contribution >= 4 is 12.2 Å². The first-order chi connectivity index (χ1) is 9.73. The molecule has 1 amide bonds. The van der Waals surface area contributed by atoms with Gasteiger partial charge in [-0.25, -0.2) is 4.79 Å². The number of ether oxygens (including phenoxy) is 2. The SMILES string of the molecule is COc1cc(C)c(C=CCNC(=O)OC(C)(C)C)cc1C. The number of nitrogens with one attached hydrogen (secondary N) is 1. The molecule has 21 heavy (non-hydrogen) atoms. The number of alkyl carbamates (subject to hydrolysis) is 1. The Kier molecular flexibility index (Phi) is 5.82. The number of hydrogen-bond acceptors (Lipinski definition) is 3. The summed E-state index contributed by atoms with van der Waals surface area (Å²) >= 11 is 0. The van der Waals surface area contributed by atoms with E-state index in [2.05, 4.69) is 11.4 Å². The second kappa shape index (κ2) is 7.16. The van der Waals surface area contributed by atoms with Gasteiger partial charge in [0.2, 0.25) is 0 Å². The van der Waals surface area contributed by atoms with Crippen molar-refractivity contribution in [2.45, 2.75) is 40.2 Å². The van der Waals surface area contributed by atoms with Crippen LogP contribution in [0.4, 0.5) is 4.79 Å². The maximum atomic E-state index is 11.5. The second-order valence-corrected chi connectivity index (χ2v) is 5.96. The average molecular weight is 291 g/mol. The molecule has 0 heterocycles. The first-order valence-electron chi connectivity index (χ1n) is 7.01. The fraction of sp³-hybridized carbons (Fsp3) is 0.471. The molecule has 116 valence electrons. The lowest BCUT2D eigenvalue weighted by Gasteiger charge is -2.19. The van der Waals surface area contributed by atoms with Crippen molar-refractivity contribution in [3.8, 4) is 5.75 Å². The summed E-state index contributed by atoms with van der Waals surface area (Å²) in [6, 6.07) is 4.08. The molecule has 0 saturated carbocycles. The zero-order valence-corrected chi connectivity index (χ0v) is 13.7. The Morgan fingerprint density at radius 1 is 1.24 bits per heavy atom. The van der Waals surface area contributed by atoms with Crippen molar-refractivity contribution in [2.24, 2.45) is 0 Å². The van der Waals surface area contributed by atoms with Crippen LogP contribution in [-0.4, -0.2) is 25.3 Å². The fourth-order valence-electron chi connectivity index (χ4n) is 1.85. The summed E-state index contributed by atoms with van der Waals surface area (Å²) in [5.74, 6) is 0.886. The molecule has 1 aromatic carbocycles. The van der Waals surface area contributed by atoms with Gasteiger partial charge < -0.3 is 14.8 Å². The van der Waals surface area contributed by atoms with Crippen LogP contribution in [0, 0.1) is 13.8 Å². The van der Waals surface area contributed by atoms with E-state index in [-0.39, 0.29) is 0 Å². The van der Waals surface area contributed by atoms with Gasteiger partial charge in [0.15, 0.2) is 0 Å². The molecule has 4 heteroatoms. The number of amides is 1. The Labute approximate surface area is 127 Å². The summed E-state index contributed by atoms with van der Waals surface area (Å²) in [5, 5.41) is 2.69. The van der Waals surface area contributed by atoms with Gasteiger partial charge in [-0.3, -0.25) is 0 Å². The number of carbonyl (C=O) groups is 1. The quantitative estimate of drug-likeness (QED) is 0.916. The van der Waals surface area contributed by atoms with Gasteiger partial charge in [-0.05, 0) is 63.4 Å². The van der Waals surface area contributed by atoms with E-state index < -0.39 is 11.7 Å². The normalized spacial score (nSPS) is 11.5. The lowest BCUT2D eigenvalue weighted by atomic mass is 10.0. The van der Waals surface area contributed by atoms with Crippen LogP contribution < -0.4 is 10.1 Å². The molecule has 1 rings (SSSR count). The van der Waals surface area contributed by atoms with E-state index in [0.29, 0.717) is 6.54 Å². The van der Waals surface area contributed by atoms with Gasteiger partial charge in [0.05, 0.1) is 7.11 Å². The predicted molar refractivity (Wildman–Crippen MR) is 85.7 cm³/mol. The van der Waals surface area contributed by atoms with Gasteiger partial charge in [-0.2, -0.15) is 0 Å². The monoisotopic (exact) mass is 291 g/mol. The zero-order chi connectivity index (χ0) is 16.0. The molecule has 0 saturated heterocycles. The van der Waals surface area contributed by atoms with Crippen LogP contribution in [0.3, 0.4) is 0 Å². The number of hydrogen-bond donors (Lipinski definition) is 1. The summed E-state index contributed by atoms with van der Waals surface area (Å²) in [4.78, 5) is 11.5. The molecule has 0 aliphatic heterocycles. The van der Waals surface area contributed by atoms with Gasteiger partial charge in [-0.1, -0.05) is 12.2 Å². The highest BCUT2D eigenvalue weighted by atomic mass is 16.6. The van der Waals surface area contributed by atoms with Gasteiger partial charge in [0.1, 0.15) is 11.4 Å². The largest absolute Gasteiger partial charge is 0.496 e. The van der Waals surface area contributed by atoms with Crippen LogP contribution in [0.1, 0.15) is 37.5 Å². The third-order valence-electron chi connectivity index (χ3n) is 2.84. The molecule has 0 aliphatic rings. The summed E-state index contributed by atoms with van der Waals surface area (Å²) < 4.78 is 10.4. The van der Waals surface area contributed by atoms with Crippen LogP contribution in [0.25, 0.3) is 6.08 Å². The lowest BCUT2D eigenvalue weighted by Crippen LogP contribution is -2.32. The summed E-state index contributed by atoms with van der Waals surface area (Å²) in [7, 11) is 1.67. The Bertz CT molecular complexity index is 528. The predicted octanol–water partition coefficient (Wildman–Crippen LogP) is 3.85. The van der Waals surface area contributed by atoms with Crippen LogP contribution in [0.5, 0.6) is 5.75 Å². The molecule has 4 nitrogen and oxygen atoms in total. The average Bonchev–Trinajstić information content (AvgIpc) is 2.35. The third-order valence-corrected chi connectivity index (χ3v) is 2.84. The van der Waals surface area contributed by atoms with E-state index in [1.165, 1.54) is 0 Å². The highest BCUT2D eigenvalue weighted by molar-refractivity contribution is 5.68. The van der Waals surface area contributed by atoms with Crippen LogP contribution >= 0.6 is 0 Å². The number of aryl methyl sites for hydroxylation is 2. The molecule has 0 unspecified atom stereocenters. The molecular weight excluding hydrogens is 266 g/mol. The van der Waals surface area contributed by atoms with E-state index in [4.69, 9.17) is 9.47 Å². The topological polar surface area (TPSA) is 47.6 Å². The van der Waals surface area contributed by atoms with E-state index in [9.17, 15) is 4.79 Å². The number of benzene rings is 1. The standard InChI is InChI=1S/C17H25NO3/c1-12-11-15(20-6)13(2)10-14(12)8-7-9-18-16(19)21-17(3,4)5/h7-8,10-11H,9H2,1-6H3,(H,18,19). The van der Waals surface area contributed by atoms with Gasteiger partial charge >= 0.3 is 6.09 Å². The lowest BCUT2D eigenvalue weighted by molar-refractivity contribution is 0.0534. The molecule has 1 N–H and O–H groups in total. The van der Waals surface area contributed by atoms with Crippen molar-refractivity contribution in [3.63, 3.8) is 0 Å². The van der Waals surface area contributed by atoms with Gasteiger partial charge in [0, 0.05) is 6.54 Å². The first-order valence-corrected chi connectivity index (χ1v) is 7.01. The first kappa shape index (κ1) is 17.1. The molecule has 1 aromatic rings. The highest BCUT2D eigenvalue weighted by Crippen LogP contribution is 2.23. The zero-order valence-electron chi connectivity index (χ0n) is 13.7. The molecule has 0 spiro atoms. The van der Waals surface area contributed by atoms with E-state index in [0.717, 1.165) is 22.4 Å². The van der Waals surface area contributed by atoms with Gasteiger partial charge in [0.25, 0.3) is 0 Å². The summed E-state index contributed by atoms with van der Waals surface area (Å²) in [6.07, 6.45) is 3.48. The minimum absolute atomic E-state index is 0.408. The third kappa shape index (κ3) is 5.90. The number of carbonyl (C=O) groups excluding carboxylic acids is 1. The van der Waals surface area contributed by atoms with Gasteiger partial charge in [-0.15, -0.1) is 0 Å². The van der Waals surface area contributed by atoms with Crippen LogP contribution in [0.2, 0.25) is 0 Å². The minimum atomic E-state index is -0.475. The molecule has 0 atom stereocenters. The maximum Gasteiger partial charge on any atom is 0.407 e. The summed E-state index contributed by atoms with van der Waals surface area (Å²) in [5.41, 5.74) is 2.85. The van der Waals surface area contributed by atoms with Crippen molar-refractivity contribution in [3.05, 3.63) is 34.9 Å². The molecule has 0 aliphatic carbocycles. The smallest absolute Gasteiger partial charge is 0.407 e. The van der Waals surface area contributed by atoms with Crippen LogP contribution in [-0.2, 0) is 4.74 Å². The second-order valence-electron chi connectivity index (χ2n) is 5.96. The molecule has 0 aromatic heterocycles. The molecule has 0 bridgehead atoms. The van der Waals surface area contributed by atoms with Crippen molar-refractivity contribution in [1.29, 1.82) is 0 Å². The Balaban J connectivity index is 2.58. The maximum absolute atomic E-state index is 11.5.